The number of non-ortho nitro benzene ring substituents is 1. The van der Waals surface area contributed by atoms with Crippen LogP contribution < -0.4 is 14.8 Å². The van der Waals surface area contributed by atoms with Gasteiger partial charge in [-0.3, -0.25) is 14.9 Å². The molecule has 146 valence electrons. The number of carbonyl (C=O) groups excluding carboxylic acids is 2. The molecule has 0 saturated heterocycles. The number of ether oxygens (including phenoxy) is 3. The third-order valence-corrected chi connectivity index (χ3v) is 3.53. The number of nitrogens with one attached hydrogen (secondary N) is 1. The monoisotopic (exact) mass is 386 g/mol. The first-order valence-corrected chi connectivity index (χ1v) is 8.04. The van der Waals surface area contributed by atoms with Crippen LogP contribution in [0, 0.1) is 10.1 Å². The Kier molecular flexibility index (Phi) is 7.09. The Morgan fingerprint density at radius 2 is 1.93 bits per heavy atom. The molecule has 1 N–H and O–H groups in total. The van der Waals surface area contributed by atoms with Crippen LogP contribution in [0.3, 0.4) is 0 Å². The van der Waals surface area contributed by atoms with Gasteiger partial charge < -0.3 is 19.5 Å². The van der Waals surface area contributed by atoms with Crippen LogP contribution in [0.4, 0.5) is 11.4 Å². The minimum absolute atomic E-state index is 0.161. The Hall–Kier alpha value is -3.88. The van der Waals surface area contributed by atoms with Gasteiger partial charge >= 0.3 is 5.97 Å². The lowest BCUT2D eigenvalue weighted by Gasteiger charge is -2.07. The third kappa shape index (κ3) is 5.84. The fraction of sp³-hybridized carbons (Fsp3) is 0.158. The molecule has 9 nitrogen and oxygen atoms in total. The summed E-state index contributed by atoms with van der Waals surface area (Å²) in [5, 5.41) is 13.1. The van der Waals surface area contributed by atoms with Crippen LogP contribution in [-0.2, 0) is 14.3 Å². The van der Waals surface area contributed by atoms with Crippen LogP contribution in [0.25, 0.3) is 6.08 Å². The second kappa shape index (κ2) is 9.72. The van der Waals surface area contributed by atoms with Crippen molar-refractivity contribution in [3.05, 3.63) is 64.2 Å². The average molecular weight is 386 g/mol. The summed E-state index contributed by atoms with van der Waals surface area (Å²) in [5.74, 6) is -0.238. The zero-order chi connectivity index (χ0) is 20.5. The molecule has 28 heavy (non-hydrogen) atoms. The first-order chi connectivity index (χ1) is 13.4. The fourth-order valence-corrected chi connectivity index (χ4v) is 2.19. The summed E-state index contributed by atoms with van der Waals surface area (Å²) in [6.07, 6.45) is 2.64. The van der Waals surface area contributed by atoms with Crippen molar-refractivity contribution in [2.45, 2.75) is 0 Å². The van der Waals surface area contributed by atoms with Crippen LogP contribution in [0.5, 0.6) is 11.5 Å². The number of amides is 1. The van der Waals surface area contributed by atoms with Crippen LogP contribution in [0.15, 0.2) is 48.5 Å². The predicted molar refractivity (Wildman–Crippen MR) is 101 cm³/mol. The summed E-state index contributed by atoms with van der Waals surface area (Å²) in [6.45, 7) is -0.536. The second-order valence-corrected chi connectivity index (χ2v) is 5.40. The number of carbonyl (C=O) groups is 2. The maximum atomic E-state index is 11.8. The summed E-state index contributed by atoms with van der Waals surface area (Å²) < 4.78 is 15.2. The Morgan fingerprint density at radius 1 is 1.14 bits per heavy atom. The molecular weight excluding hydrogens is 368 g/mol. The summed E-state index contributed by atoms with van der Waals surface area (Å²) in [7, 11) is 3.02. The van der Waals surface area contributed by atoms with Gasteiger partial charge in [-0.1, -0.05) is 6.07 Å². The normalized spacial score (nSPS) is 10.4. The highest BCUT2D eigenvalue weighted by Crippen LogP contribution is 2.25. The van der Waals surface area contributed by atoms with Crippen LogP contribution in [0.2, 0.25) is 0 Å². The SMILES string of the molecule is COc1ccc(C=CC(=O)OCC(=O)Nc2cccc([N+](=O)[O-])c2)c(OC)c1. The topological polar surface area (TPSA) is 117 Å². The number of nitro benzene ring substituents is 1. The molecule has 2 aromatic carbocycles. The highest BCUT2D eigenvalue weighted by Gasteiger charge is 2.10. The number of rotatable bonds is 8. The number of benzene rings is 2. The maximum absolute atomic E-state index is 11.8. The van der Waals surface area contributed by atoms with Crippen molar-refractivity contribution in [3.63, 3.8) is 0 Å². The van der Waals surface area contributed by atoms with Gasteiger partial charge in [-0.05, 0) is 24.3 Å². The maximum Gasteiger partial charge on any atom is 0.331 e. The molecule has 2 rings (SSSR count). The molecule has 0 unspecified atom stereocenters. The lowest BCUT2D eigenvalue weighted by molar-refractivity contribution is -0.384. The van der Waals surface area contributed by atoms with Crippen LogP contribution >= 0.6 is 0 Å². The molecule has 9 heteroatoms. The molecule has 1 amide bonds. The molecule has 0 saturated carbocycles. The van der Waals surface area contributed by atoms with Gasteiger partial charge in [-0.15, -0.1) is 0 Å². The first kappa shape index (κ1) is 20.4. The summed E-state index contributed by atoms with van der Waals surface area (Å²) in [6, 6.07) is 10.5. The van der Waals surface area contributed by atoms with E-state index in [4.69, 9.17) is 14.2 Å². The summed E-state index contributed by atoms with van der Waals surface area (Å²) in [5.41, 5.74) is 0.696. The van der Waals surface area contributed by atoms with Gasteiger partial charge in [0.05, 0.1) is 19.1 Å². The highest BCUT2D eigenvalue weighted by atomic mass is 16.6. The van der Waals surface area contributed by atoms with Crippen molar-refractivity contribution in [2.24, 2.45) is 0 Å². The van der Waals surface area contributed by atoms with E-state index < -0.39 is 23.4 Å². The number of hydrogen-bond donors (Lipinski definition) is 1. The zero-order valence-corrected chi connectivity index (χ0v) is 15.2. The largest absolute Gasteiger partial charge is 0.497 e. The van der Waals surface area contributed by atoms with Crippen molar-refractivity contribution in [1.82, 2.24) is 0 Å². The molecular formula is C19H18N2O7. The molecule has 0 spiro atoms. The number of hydrogen-bond acceptors (Lipinski definition) is 7. The van der Waals surface area contributed by atoms with Crippen molar-refractivity contribution in [2.75, 3.05) is 26.1 Å². The van der Waals surface area contributed by atoms with Gasteiger partial charge in [-0.25, -0.2) is 4.79 Å². The molecule has 2 aromatic rings. The van der Waals surface area contributed by atoms with E-state index in [0.717, 1.165) is 6.08 Å². The van der Waals surface area contributed by atoms with E-state index in [0.29, 0.717) is 17.1 Å². The van der Waals surface area contributed by atoms with E-state index >= 15 is 0 Å². The van der Waals surface area contributed by atoms with Crippen molar-refractivity contribution < 1.29 is 28.7 Å². The Balaban J connectivity index is 1.90. The Labute approximate surface area is 160 Å². The number of esters is 1. The molecule has 0 aliphatic heterocycles. The lowest BCUT2D eigenvalue weighted by atomic mass is 10.2. The molecule has 0 radical (unpaired) electrons. The van der Waals surface area contributed by atoms with E-state index in [1.807, 2.05) is 0 Å². The standard InChI is InChI=1S/C19H18N2O7/c1-26-16-8-6-13(17(11-16)27-2)7-9-19(23)28-12-18(22)20-14-4-3-5-15(10-14)21(24)25/h3-11H,12H2,1-2H3,(H,20,22). The highest BCUT2D eigenvalue weighted by molar-refractivity contribution is 5.95. The van der Waals surface area contributed by atoms with Gasteiger partial charge in [0.25, 0.3) is 11.6 Å². The van der Waals surface area contributed by atoms with Gasteiger partial charge in [0.1, 0.15) is 11.5 Å². The number of anilines is 1. The molecule has 0 aliphatic rings. The number of methoxy groups -OCH3 is 2. The molecule has 0 atom stereocenters. The fourth-order valence-electron chi connectivity index (χ4n) is 2.19. The Bertz CT molecular complexity index is 909. The quantitative estimate of drug-likeness (QED) is 0.321. The summed E-state index contributed by atoms with van der Waals surface area (Å²) >= 11 is 0. The van der Waals surface area contributed by atoms with Gasteiger partial charge in [0.15, 0.2) is 6.61 Å². The van der Waals surface area contributed by atoms with E-state index in [-0.39, 0.29) is 11.4 Å². The van der Waals surface area contributed by atoms with Crippen molar-refractivity contribution >= 4 is 29.3 Å². The Morgan fingerprint density at radius 3 is 2.61 bits per heavy atom. The van der Waals surface area contributed by atoms with Crippen LogP contribution in [0.1, 0.15) is 5.56 Å². The van der Waals surface area contributed by atoms with E-state index in [2.05, 4.69) is 5.32 Å². The van der Waals surface area contributed by atoms with E-state index in [1.165, 1.54) is 44.6 Å². The molecule has 0 fully saturated rings. The molecule has 0 aliphatic carbocycles. The van der Waals surface area contributed by atoms with Crippen molar-refractivity contribution in [3.8, 4) is 11.5 Å². The molecule has 0 heterocycles. The van der Waals surface area contributed by atoms with E-state index in [9.17, 15) is 19.7 Å². The van der Waals surface area contributed by atoms with E-state index in [1.54, 1.807) is 18.2 Å². The number of nitro groups is 1. The van der Waals surface area contributed by atoms with Crippen LogP contribution in [-0.4, -0.2) is 37.6 Å². The molecule has 0 aromatic heterocycles. The number of nitrogens with zero attached hydrogens (tertiary/aromatic N) is 1. The smallest absolute Gasteiger partial charge is 0.331 e. The predicted octanol–water partition coefficient (Wildman–Crippen LogP) is 2.81. The van der Waals surface area contributed by atoms with Crippen molar-refractivity contribution in [1.29, 1.82) is 0 Å². The average Bonchev–Trinajstić information content (AvgIpc) is 2.70. The molecule has 0 bridgehead atoms. The summed E-state index contributed by atoms with van der Waals surface area (Å²) in [4.78, 5) is 33.8. The van der Waals surface area contributed by atoms with Gasteiger partial charge in [0, 0.05) is 35.5 Å². The minimum Gasteiger partial charge on any atom is -0.497 e. The first-order valence-electron chi connectivity index (χ1n) is 8.04. The van der Waals surface area contributed by atoms with Gasteiger partial charge in [-0.2, -0.15) is 0 Å². The third-order valence-electron chi connectivity index (χ3n) is 3.53. The second-order valence-electron chi connectivity index (χ2n) is 5.40. The van der Waals surface area contributed by atoms with Gasteiger partial charge in [0.2, 0.25) is 0 Å². The minimum atomic E-state index is -0.730. The lowest BCUT2D eigenvalue weighted by Crippen LogP contribution is -2.20. The zero-order valence-electron chi connectivity index (χ0n) is 15.2.